The standard InChI is InChI=1S/C21H14F3NO3/c1-27-15-8-4-7-14-18(15)17(11-5-2-3-6-13(11)25-14)21(26)28-16-10-9-12(22)19(23)20(16)24/h2-10,17,25H,1H3. The van der Waals surface area contributed by atoms with E-state index in [2.05, 4.69) is 5.32 Å². The van der Waals surface area contributed by atoms with Gasteiger partial charge in [0.15, 0.2) is 17.4 Å². The Morgan fingerprint density at radius 3 is 2.43 bits per heavy atom. The summed E-state index contributed by atoms with van der Waals surface area (Å²) in [7, 11) is 1.47. The molecule has 0 aromatic heterocycles. The van der Waals surface area contributed by atoms with Crippen LogP contribution in [0.4, 0.5) is 24.5 Å². The lowest BCUT2D eigenvalue weighted by Gasteiger charge is -2.29. The quantitative estimate of drug-likeness (QED) is 0.396. The molecule has 4 nitrogen and oxygen atoms in total. The molecule has 0 fully saturated rings. The van der Waals surface area contributed by atoms with E-state index in [0.29, 0.717) is 34.3 Å². The maximum absolute atomic E-state index is 14.0. The molecule has 0 amide bonds. The third-order valence-electron chi connectivity index (χ3n) is 4.56. The monoisotopic (exact) mass is 385 g/mol. The second-order valence-electron chi connectivity index (χ2n) is 6.16. The number of carbonyl (C=O) groups is 1. The van der Waals surface area contributed by atoms with Gasteiger partial charge in [0, 0.05) is 16.9 Å². The topological polar surface area (TPSA) is 47.6 Å². The van der Waals surface area contributed by atoms with Crippen molar-refractivity contribution in [3.8, 4) is 11.5 Å². The zero-order chi connectivity index (χ0) is 19.8. The van der Waals surface area contributed by atoms with Crippen LogP contribution in [0.25, 0.3) is 0 Å². The van der Waals surface area contributed by atoms with Gasteiger partial charge in [0.2, 0.25) is 5.82 Å². The maximum atomic E-state index is 14.0. The van der Waals surface area contributed by atoms with Crippen LogP contribution in [0.2, 0.25) is 0 Å². The number of methoxy groups -OCH3 is 1. The van der Waals surface area contributed by atoms with Gasteiger partial charge in [-0.3, -0.25) is 4.79 Å². The van der Waals surface area contributed by atoms with Gasteiger partial charge in [-0.15, -0.1) is 0 Å². The van der Waals surface area contributed by atoms with Crippen molar-refractivity contribution >= 4 is 17.3 Å². The van der Waals surface area contributed by atoms with E-state index in [9.17, 15) is 18.0 Å². The third-order valence-corrected chi connectivity index (χ3v) is 4.56. The average Bonchev–Trinajstić information content (AvgIpc) is 2.71. The van der Waals surface area contributed by atoms with E-state index in [-0.39, 0.29) is 0 Å². The summed E-state index contributed by atoms with van der Waals surface area (Å²) >= 11 is 0. The number of ether oxygens (including phenoxy) is 2. The molecular weight excluding hydrogens is 371 g/mol. The van der Waals surface area contributed by atoms with Gasteiger partial charge in [0.1, 0.15) is 11.7 Å². The molecule has 0 spiro atoms. The first-order valence-corrected chi connectivity index (χ1v) is 8.39. The molecule has 4 rings (SSSR count). The first-order valence-electron chi connectivity index (χ1n) is 8.39. The van der Waals surface area contributed by atoms with Crippen molar-refractivity contribution in [3.63, 3.8) is 0 Å². The molecule has 3 aromatic carbocycles. The molecule has 142 valence electrons. The van der Waals surface area contributed by atoms with Crippen molar-refractivity contribution in [3.05, 3.63) is 83.2 Å². The molecule has 0 saturated carbocycles. The predicted molar refractivity (Wildman–Crippen MR) is 96.5 cm³/mol. The summed E-state index contributed by atoms with van der Waals surface area (Å²) in [5.74, 6) is -6.66. The van der Waals surface area contributed by atoms with Crippen molar-refractivity contribution in [2.24, 2.45) is 0 Å². The van der Waals surface area contributed by atoms with Gasteiger partial charge in [0.25, 0.3) is 0 Å². The fourth-order valence-corrected chi connectivity index (χ4v) is 3.29. The van der Waals surface area contributed by atoms with Crippen LogP contribution in [0.15, 0.2) is 54.6 Å². The molecule has 1 aliphatic rings. The van der Waals surface area contributed by atoms with Crippen LogP contribution in [-0.4, -0.2) is 13.1 Å². The van der Waals surface area contributed by atoms with Gasteiger partial charge >= 0.3 is 5.97 Å². The van der Waals surface area contributed by atoms with Crippen molar-refractivity contribution in [2.45, 2.75) is 5.92 Å². The minimum Gasteiger partial charge on any atom is -0.496 e. The number of fused-ring (bicyclic) bond motifs is 2. The highest BCUT2D eigenvalue weighted by atomic mass is 19.2. The van der Waals surface area contributed by atoms with E-state index >= 15 is 0 Å². The molecular formula is C21H14F3NO3. The number of halogens is 3. The number of para-hydroxylation sites is 1. The zero-order valence-electron chi connectivity index (χ0n) is 14.6. The molecule has 1 atom stereocenters. The SMILES string of the molecule is COc1cccc2c1C(C(=O)Oc1ccc(F)c(F)c1F)c1ccccc1N2. The number of carbonyl (C=O) groups excluding carboxylic acids is 1. The molecule has 0 aliphatic carbocycles. The van der Waals surface area contributed by atoms with Crippen molar-refractivity contribution in [1.82, 2.24) is 0 Å². The van der Waals surface area contributed by atoms with Gasteiger partial charge in [-0.05, 0) is 35.9 Å². The molecule has 1 unspecified atom stereocenters. The van der Waals surface area contributed by atoms with E-state index < -0.39 is 35.1 Å². The average molecular weight is 385 g/mol. The molecule has 0 radical (unpaired) electrons. The number of esters is 1. The summed E-state index contributed by atoms with van der Waals surface area (Å²) in [5, 5.41) is 3.22. The van der Waals surface area contributed by atoms with Crippen LogP contribution >= 0.6 is 0 Å². The Balaban J connectivity index is 1.81. The van der Waals surface area contributed by atoms with Gasteiger partial charge in [0.05, 0.1) is 7.11 Å². The van der Waals surface area contributed by atoms with Crippen LogP contribution < -0.4 is 14.8 Å². The van der Waals surface area contributed by atoms with Crippen LogP contribution in [0, 0.1) is 17.5 Å². The van der Waals surface area contributed by atoms with E-state index in [1.165, 1.54) is 7.11 Å². The molecule has 1 N–H and O–H groups in total. The zero-order valence-corrected chi connectivity index (χ0v) is 14.6. The number of hydrogen-bond acceptors (Lipinski definition) is 4. The number of hydrogen-bond donors (Lipinski definition) is 1. The molecule has 3 aromatic rings. The van der Waals surface area contributed by atoms with Gasteiger partial charge in [-0.2, -0.15) is 4.39 Å². The lowest BCUT2D eigenvalue weighted by atomic mass is 9.85. The minimum absolute atomic E-state index is 0.437. The molecule has 0 bridgehead atoms. The number of nitrogens with one attached hydrogen (secondary N) is 1. The molecule has 7 heteroatoms. The minimum atomic E-state index is -1.70. The number of anilines is 2. The summed E-state index contributed by atoms with van der Waals surface area (Å²) in [6, 6.07) is 13.9. The van der Waals surface area contributed by atoms with Crippen LogP contribution in [0.5, 0.6) is 11.5 Å². The van der Waals surface area contributed by atoms with Crippen molar-refractivity contribution in [2.75, 3.05) is 12.4 Å². The van der Waals surface area contributed by atoms with Gasteiger partial charge in [-0.1, -0.05) is 24.3 Å². The van der Waals surface area contributed by atoms with E-state index in [1.54, 1.807) is 42.5 Å². The van der Waals surface area contributed by atoms with Gasteiger partial charge < -0.3 is 14.8 Å². The Hall–Kier alpha value is -3.48. The summed E-state index contributed by atoms with van der Waals surface area (Å²) in [5.41, 5.74) is 2.41. The highest BCUT2D eigenvalue weighted by molar-refractivity contribution is 5.93. The largest absolute Gasteiger partial charge is 0.496 e. The Kier molecular flexibility index (Phi) is 4.43. The Labute approximate surface area is 158 Å². The second kappa shape index (κ2) is 6.92. The van der Waals surface area contributed by atoms with Crippen molar-refractivity contribution < 1.29 is 27.4 Å². The highest BCUT2D eigenvalue weighted by Gasteiger charge is 2.35. The maximum Gasteiger partial charge on any atom is 0.323 e. The number of rotatable bonds is 3. The molecule has 1 heterocycles. The lowest BCUT2D eigenvalue weighted by Crippen LogP contribution is -2.25. The highest BCUT2D eigenvalue weighted by Crippen LogP contribution is 2.46. The number of benzene rings is 3. The molecule has 0 saturated heterocycles. The summed E-state index contributed by atoms with van der Waals surface area (Å²) in [4.78, 5) is 13.0. The Morgan fingerprint density at radius 1 is 0.893 bits per heavy atom. The Morgan fingerprint density at radius 2 is 1.64 bits per heavy atom. The fraction of sp³-hybridized carbons (Fsp3) is 0.0952. The van der Waals surface area contributed by atoms with E-state index in [4.69, 9.17) is 9.47 Å². The predicted octanol–water partition coefficient (Wildman–Crippen LogP) is 4.91. The first-order chi connectivity index (χ1) is 13.5. The normalized spacial score (nSPS) is 14.5. The van der Waals surface area contributed by atoms with Crippen LogP contribution in [-0.2, 0) is 4.79 Å². The van der Waals surface area contributed by atoms with Gasteiger partial charge in [-0.25, -0.2) is 8.78 Å². The van der Waals surface area contributed by atoms with Crippen molar-refractivity contribution in [1.29, 1.82) is 0 Å². The van der Waals surface area contributed by atoms with Crippen LogP contribution in [0.3, 0.4) is 0 Å². The second-order valence-corrected chi connectivity index (χ2v) is 6.16. The van der Waals surface area contributed by atoms with E-state index in [1.807, 2.05) is 0 Å². The lowest BCUT2D eigenvalue weighted by molar-refractivity contribution is -0.135. The molecule has 28 heavy (non-hydrogen) atoms. The molecule has 1 aliphatic heterocycles. The third kappa shape index (κ3) is 2.85. The van der Waals surface area contributed by atoms with Crippen LogP contribution in [0.1, 0.15) is 17.0 Å². The first kappa shape index (κ1) is 17.9. The Bertz CT molecular complexity index is 1080. The summed E-state index contributed by atoms with van der Waals surface area (Å²) in [6.45, 7) is 0. The smallest absolute Gasteiger partial charge is 0.323 e. The summed E-state index contributed by atoms with van der Waals surface area (Å²) < 4.78 is 51.2. The van der Waals surface area contributed by atoms with E-state index in [0.717, 1.165) is 6.07 Å². The fourth-order valence-electron chi connectivity index (χ4n) is 3.29. The summed E-state index contributed by atoms with van der Waals surface area (Å²) in [6.07, 6.45) is 0.